The van der Waals surface area contributed by atoms with Crippen LogP contribution in [-0.2, 0) is 0 Å². The van der Waals surface area contributed by atoms with E-state index in [4.69, 9.17) is 6.42 Å². The summed E-state index contributed by atoms with van der Waals surface area (Å²) in [5, 5.41) is 2.16. The molecule has 0 atom stereocenters. The van der Waals surface area contributed by atoms with Gasteiger partial charge in [-0.1, -0.05) is 5.92 Å². The van der Waals surface area contributed by atoms with Crippen LogP contribution < -0.4 is 5.32 Å². The Morgan fingerprint density at radius 3 is 1.94 bits per heavy atom. The Hall–Kier alpha value is -1.42. The number of anilines is 1. The average molecular weight is 281 g/mol. The highest BCUT2D eigenvalue weighted by atomic mass is 32.2. The lowest BCUT2D eigenvalue weighted by atomic mass is 10.2. The third-order valence-electron chi connectivity index (χ3n) is 1.94. The zero-order valence-corrected chi connectivity index (χ0v) is 9.81. The number of thioether (sulfide) groups is 1. The Balaban J connectivity index is 2.80. The van der Waals surface area contributed by atoms with E-state index in [-0.39, 0.29) is 6.54 Å². The van der Waals surface area contributed by atoms with E-state index in [1.165, 1.54) is 11.8 Å². The van der Waals surface area contributed by atoms with Gasteiger partial charge in [-0.05, 0) is 0 Å². The summed E-state index contributed by atoms with van der Waals surface area (Å²) < 4.78 is 64.6. The maximum absolute atomic E-state index is 13.2. The number of nitrogens with one attached hydrogen (secondary N) is 1. The van der Waals surface area contributed by atoms with Gasteiger partial charge in [-0.3, -0.25) is 0 Å². The van der Waals surface area contributed by atoms with Crippen LogP contribution in [-0.4, -0.2) is 18.1 Å². The van der Waals surface area contributed by atoms with E-state index >= 15 is 0 Å². The molecule has 0 unspecified atom stereocenters. The molecule has 0 aromatic heterocycles. The van der Waals surface area contributed by atoms with E-state index in [2.05, 4.69) is 11.2 Å². The number of terminal acetylenes is 1. The van der Waals surface area contributed by atoms with Crippen LogP contribution in [0.5, 0.6) is 0 Å². The molecule has 98 valence electrons. The molecular weight excluding hydrogens is 273 g/mol. The number of rotatable bonds is 5. The zero-order chi connectivity index (χ0) is 13.7. The Morgan fingerprint density at radius 2 is 1.44 bits per heavy atom. The van der Waals surface area contributed by atoms with Gasteiger partial charge in [0.2, 0.25) is 5.82 Å². The molecule has 0 fully saturated rings. The predicted octanol–water partition coefficient (Wildman–Crippen LogP) is 3.16. The summed E-state index contributed by atoms with van der Waals surface area (Å²) in [6.45, 7) is 0.0324. The third kappa shape index (κ3) is 3.07. The zero-order valence-electron chi connectivity index (χ0n) is 9.00. The Labute approximate surface area is 105 Å². The molecule has 0 bridgehead atoms. The minimum Gasteiger partial charge on any atom is -0.379 e. The van der Waals surface area contributed by atoms with Gasteiger partial charge in [-0.15, -0.1) is 18.2 Å². The lowest BCUT2D eigenvalue weighted by molar-refractivity contribution is 0.381. The van der Waals surface area contributed by atoms with Gasteiger partial charge in [0.1, 0.15) is 5.69 Å². The lowest BCUT2D eigenvalue weighted by Crippen LogP contribution is -2.12. The molecule has 0 aliphatic heterocycles. The van der Waals surface area contributed by atoms with E-state index in [0.717, 1.165) is 0 Å². The van der Waals surface area contributed by atoms with Crippen LogP contribution in [0.2, 0.25) is 0 Å². The summed E-state index contributed by atoms with van der Waals surface area (Å²) in [5.74, 6) is -6.72. The maximum Gasteiger partial charge on any atom is 0.200 e. The van der Waals surface area contributed by atoms with Gasteiger partial charge in [0.05, 0.1) is 5.75 Å². The van der Waals surface area contributed by atoms with Gasteiger partial charge >= 0.3 is 0 Å². The SMILES string of the molecule is C#CCSCCNc1c(F)c(F)c(F)c(F)c1F. The van der Waals surface area contributed by atoms with E-state index < -0.39 is 34.8 Å². The Bertz CT molecular complexity index is 454. The van der Waals surface area contributed by atoms with E-state index in [9.17, 15) is 22.0 Å². The lowest BCUT2D eigenvalue weighted by Gasteiger charge is -2.10. The molecule has 0 aliphatic carbocycles. The minimum atomic E-state index is -2.17. The Morgan fingerprint density at radius 1 is 0.944 bits per heavy atom. The Kier molecular flexibility index (Phi) is 5.28. The van der Waals surface area contributed by atoms with Crippen LogP contribution in [0.1, 0.15) is 0 Å². The first-order chi connectivity index (χ1) is 8.50. The number of hydrogen-bond acceptors (Lipinski definition) is 2. The van der Waals surface area contributed by atoms with Gasteiger partial charge < -0.3 is 5.32 Å². The molecule has 7 heteroatoms. The van der Waals surface area contributed by atoms with Crippen molar-refractivity contribution in [3.05, 3.63) is 29.1 Å². The molecule has 1 nitrogen and oxygen atoms in total. The molecule has 0 radical (unpaired) electrons. The van der Waals surface area contributed by atoms with Crippen LogP contribution in [0.4, 0.5) is 27.6 Å². The van der Waals surface area contributed by atoms with E-state index in [0.29, 0.717) is 11.5 Å². The standard InChI is InChI=1S/C11H8F5NS/c1-2-4-18-5-3-17-11-9(15)7(13)6(12)8(14)10(11)16/h1,17H,3-5H2. The van der Waals surface area contributed by atoms with Gasteiger partial charge in [0.15, 0.2) is 23.3 Å². The normalized spacial score (nSPS) is 10.2. The number of benzene rings is 1. The molecule has 1 aromatic carbocycles. The second kappa shape index (κ2) is 6.50. The fourth-order valence-corrected chi connectivity index (χ4v) is 1.65. The molecule has 18 heavy (non-hydrogen) atoms. The highest BCUT2D eigenvalue weighted by Crippen LogP contribution is 2.26. The first-order valence-electron chi connectivity index (χ1n) is 4.77. The maximum atomic E-state index is 13.2. The van der Waals surface area contributed by atoms with Crippen LogP contribution in [0.3, 0.4) is 0 Å². The summed E-state index contributed by atoms with van der Waals surface area (Å²) in [6, 6.07) is 0. The van der Waals surface area contributed by atoms with E-state index in [1.807, 2.05) is 0 Å². The van der Waals surface area contributed by atoms with Crippen molar-refractivity contribution in [2.24, 2.45) is 0 Å². The molecule has 0 heterocycles. The topological polar surface area (TPSA) is 12.0 Å². The first kappa shape index (κ1) is 14.6. The number of halogens is 5. The predicted molar refractivity (Wildman–Crippen MR) is 60.9 cm³/mol. The summed E-state index contributed by atoms with van der Waals surface area (Å²) in [7, 11) is 0. The molecule has 0 spiro atoms. The second-order valence-corrected chi connectivity index (χ2v) is 4.23. The van der Waals surface area contributed by atoms with Gasteiger partial charge in [-0.2, -0.15) is 0 Å². The largest absolute Gasteiger partial charge is 0.379 e. The van der Waals surface area contributed by atoms with Crippen molar-refractivity contribution < 1.29 is 22.0 Å². The summed E-state index contributed by atoms with van der Waals surface area (Å²) >= 11 is 1.29. The molecule has 0 saturated heterocycles. The van der Waals surface area contributed by atoms with Crippen LogP contribution in [0.25, 0.3) is 0 Å². The van der Waals surface area contributed by atoms with E-state index in [1.54, 1.807) is 0 Å². The fraction of sp³-hybridized carbons (Fsp3) is 0.273. The summed E-state index contributed by atoms with van der Waals surface area (Å²) in [4.78, 5) is 0. The first-order valence-corrected chi connectivity index (χ1v) is 5.92. The molecule has 1 aromatic rings. The van der Waals surface area contributed by atoms with Gasteiger partial charge in [-0.25, -0.2) is 22.0 Å². The van der Waals surface area contributed by atoms with Gasteiger partial charge in [0.25, 0.3) is 0 Å². The van der Waals surface area contributed by atoms with Crippen molar-refractivity contribution in [3.63, 3.8) is 0 Å². The van der Waals surface area contributed by atoms with Crippen molar-refractivity contribution >= 4 is 17.4 Å². The summed E-state index contributed by atoms with van der Waals surface area (Å²) in [5.41, 5.74) is -1.02. The smallest absolute Gasteiger partial charge is 0.200 e. The van der Waals surface area contributed by atoms with Crippen LogP contribution in [0.15, 0.2) is 0 Å². The monoisotopic (exact) mass is 281 g/mol. The molecule has 0 saturated carbocycles. The van der Waals surface area contributed by atoms with Gasteiger partial charge in [0, 0.05) is 12.3 Å². The van der Waals surface area contributed by atoms with Crippen molar-refractivity contribution in [2.45, 2.75) is 0 Å². The highest BCUT2D eigenvalue weighted by molar-refractivity contribution is 7.99. The van der Waals surface area contributed by atoms with Crippen LogP contribution >= 0.6 is 11.8 Å². The molecule has 1 N–H and O–H groups in total. The fourth-order valence-electron chi connectivity index (χ4n) is 1.14. The third-order valence-corrected chi connectivity index (χ3v) is 2.81. The van der Waals surface area contributed by atoms with Crippen molar-refractivity contribution in [3.8, 4) is 12.3 Å². The summed E-state index contributed by atoms with van der Waals surface area (Å²) in [6.07, 6.45) is 4.97. The van der Waals surface area contributed by atoms with Crippen molar-refractivity contribution in [1.29, 1.82) is 0 Å². The van der Waals surface area contributed by atoms with Crippen LogP contribution in [0, 0.1) is 41.4 Å². The van der Waals surface area contributed by atoms with Crippen molar-refractivity contribution in [1.82, 2.24) is 0 Å². The molecule has 0 amide bonds. The molecule has 0 aliphatic rings. The highest BCUT2D eigenvalue weighted by Gasteiger charge is 2.25. The average Bonchev–Trinajstić information content (AvgIpc) is 2.37. The quantitative estimate of drug-likeness (QED) is 0.292. The van der Waals surface area contributed by atoms with Crippen molar-refractivity contribution in [2.75, 3.05) is 23.4 Å². The minimum absolute atomic E-state index is 0.0324. The second-order valence-electron chi connectivity index (χ2n) is 3.13. The number of hydrogen-bond donors (Lipinski definition) is 1. The molecule has 1 rings (SSSR count). The molecular formula is C11H8F5NS.